The van der Waals surface area contributed by atoms with E-state index < -0.39 is 0 Å². The maximum atomic E-state index is 5.94. The van der Waals surface area contributed by atoms with Crippen LogP contribution in [0.25, 0.3) is 0 Å². The summed E-state index contributed by atoms with van der Waals surface area (Å²) in [5, 5.41) is 4.64. The fraction of sp³-hybridized carbons (Fsp3) is 0.500. The highest BCUT2D eigenvalue weighted by molar-refractivity contribution is 7.99. The molecule has 0 amide bonds. The smallest absolute Gasteiger partial charge is 0.0603 e. The molecule has 90 valence electrons. The molecule has 4 heteroatoms. The van der Waals surface area contributed by atoms with E-state index in [0.29, 0.717) is 10.0 Å². The van der Waals surface area contributed by atoms with Crippen molar-refractivity contribution in [2.75, 3.05) is 18.8 Å². The zero-order valence-electron chi connectivity index (χ0n) is 9.43. The molecular weight excluding hydrogens is 261 g/mol. The van der Waals surface area contributed by atoms with Crippen LogP contribution in [0.4, 0.5) is 0 Å². The quantitative estimate of drug-likeness (QED) is 0.583. The van der Waals surface area contributed by atoms with Crippen molar-refractivity contribution in [3.05, 3.63) is 28.2 Å². The van der Waals surface area contributed by atoms with Crippen molar-refractivity contribution >= 4 is 35.0 Å². The minimum atomic E-state index is 0.621. The molecule has 1 rings (SSSR count). The average molecular weight is 278 g/mol. The lowest BCUT2D eigenvalue weighted by Crippen LogP contribution is -2.16. The molecule has 0 bridgehead atoms. The summed E-state index contributed by atoms with van der Waals surface area (Å²) < 4.78 is 0. The molecule has 0 fully saturated rings. The monoisotopic (exact) mass is 277 g/mol. The van der Waals surface area contributed by atoms with E-state index in [2.05, 4.69) is 12.2 Å². The molecule has 0 saturated carbocycles. The van der Waals surface area contributed by atoms with Crippen LogP contribution >= 0.6 is 35.0 Å². The van der Waals surface area contributed by atoms with Crippen molar-refractivity contribution in [3.63, 3.8) is 0 Å². The Hall–Kier alpha value is 0.110. The molecule has 0 aliphatic rings. The zero-order valence-corrected chi connectivity index (χ0v) is 11.8. The van der Waals surface area contributed by atoms with Crippen LogP contribution in [-0.4, -0.2) is 18.8 Å². The van der Waals surface area contributed by atoms with Gasteiger partial charge in [-0.15, -0.1) is 11.8 Å². The second kappa shape index (κ2) is 8.24. The van der Waals surface area contributed by atoms with Crippen molar-refractivity contribution in [3.8, 4) is 0 Å². The van der Waals surface area contributed by atoms with Crippen LogP contribution in [0, 0.1) is 0 Å². The van der Waals surface area contributed by atoms with Crippen LogP contribution in [0.5, 0.6) is 0 Å². The first-order valence-corrected chi connectivity index (χ1v) is 7.26. The van der Waals surface area contributed by atoms with Gasteiger partial charge in [0.05, 0.1) is 10.0 Å². The van der Waals surface area contributed by atoms with Gasteiger partial charge in [-0.1, -0.05) is 30.1 Å². The average Bonchev–Trinajstić information content (AvgIpc) is 2.28. The third-order valence-electron chi connectivity index (χ3n) is 2.08. The van der Waals surface area contributed by atoms with Crippen molar-refractivity contribution in [2.45, 2.75) is 24.7 Å². The number of hydrogen-bond donors (Lipinski definition) is 1. The van der Waals surface area contributed by atoms with E-state index in [-0.39, 0.29) is 0 Å². The molecule has 0 aromatic heterocycles. The van der Waals surface area contributed by atoms with E-state index in [1.165, 1.54) is 17.7 Å². The van der Waals surface area contributed by atoms with Gasteiger partial charge in [0, 0.05) is 4.90 Å². The van der Waals surface area contributed by atoms with Crippen LogP contribution in [0.3, 0.4) is 0 Å². The van der Waals surface area contributed by atoms with Crippen LogP contribution < -0.4 is 5.32 Å². The Morgan fingerprint density at radius 2 is 2.00 bits per heavy atom. The van der Waals surface area contributed by atoms with Crippen molar-refractivity contribution < 1.29 is 0 Å². The lowest BCUT2D eigenvalue weighted by molar-refractivity contribution is 0.664. The Bertz CT molecular complexity index is 318. The number of thioether (sulfide) groups is 1. The number of nitrogens with one attached hydrogen (secondary N) is 1. The first-order chi connectivity index (χ1) is 7.74. The van der Waals surface area contributed by atoms with E-state index >= 15 is 0 Å². The Kier molecular flexibility index (Phi) is 7.30. The van der Waals surface area contributed by atoms with E-state index in [1.54, 1.807) is 0 Å². The summed E-state index contributed by atoms with van der Waals surface area (Å²) in [6.07, 6.45) is 2.37. The van der Waals surface area contributed by atoms with Gasteiger partial charge in [-0.25, -0.2) is 0 Å². The molecule has 0 heterocycles. The second-order valence-electron chi connectivity index (χ2n) is 3.53. The van der Waals surface area contributed by atoms with Gasteiger partial charge < -0.3 is 5.32 Å². The van der Waals surface area contributed by atoms with Gasteiger partial charge in [0.2, 0.25) is 0 Å². The minimum absolute atomic E-state index is 0.621. The predicted molar refractivity (Wildman–Crippen MR) is 75.0 cm³/mol. The first kappa shape index (κ1) is 14.2. The molecule has 0 radical (unpaired) electrons. The molecule has 0 spiro atoms. The lowest BCUT2D eigenvalue weighted by atomic mass is 10.4. The lowest BCUT2D eigenvalue weighted by Gasteiger charge is -2.04. The standard InChI is InChI=1S/C12H17Cl2NS/c1-2-6-15-7-3-8-16-10-4-5-11(13)12(14)9-10/h4-5,9,15H,2-3,6-8H2,1H3. The Morgan fingerprint density at radius 3 is 2.69 bits per heavy atom. The molecular formula is C12H17Cl2NS. The Morgan fingerprint density at radius 1 is 1.19 bits per heavy atom. The van der Waals surface area contributed by atoms with Gasteiger partial charge in [0.1, 0.15) is 0 Å². The first-order valence-electron chi connectivity index (χ1n) is 5.52. The number of halogens is 2. The molecule has 0 aliphatic heterocycles. The minimum Gasteiger partial charge on any atom is -0.317 e. The third-order valence-corrected chi connectivity index (χ3v) is 3.90. The normalized spacial score (nSPS) is 10.7. The van der Waals surface area contributed by atoms with Gasteiger partial charge in [0.15, 0.2) is 0 Å². The van der Waals surface area contributed by atoms with Crippen LogP contribution in [0.1, 0.15) is 19.8 Å². The highest BCUT2D eigenvalue weighted by Crippen LogP contribution is 2.28. The largest absolute Gasteiger partial charge is 0.317 e. The molecule has 1 nitrogen and oxygen atoms in total. The Balaban J connectivity index is 2.19. The Labute approximate surface area is 112 Å². The summed E-state index contributed by atoms with van der Waals surface area (Å²) in [5.74, 6) is 1.11. The number of hydrogen-bond acceptors (Lipinski definition) is 2. The summed E-state index contributed by atoms with van der Waals surface area (Å²) in [6, 6.07) is 5.79. The van der Waals surface area contributed by atoms with Crippen molar-refractivity contribution in [2.24, 2.45) is 0 Å². The van der Waals surface area contributed by atoms with Gasteiger partial charge in [-0.05, 0) is 49.9 Å². The molecule has 1 aromatic rings. The van der Waals surface area contributed by atoms with Crippen LogP contribution in [0.2, 0.25) is 10.0 Å². The maximum Gasteiger partial charge on any atom is 0.0603 e. The topological polar surface area (TPSA) is 12.0 Å². The summed E-state index contributed by atoms with van der Waals surface area (Å²) in [4.78, 5) is 1.19. The van der Waals surface area contributed by atoms with Crippen molar-refractivity contribution in [1.82, 2.24) is 5.32 Å². The van der Waals surface area contributed by atoms with Gasteiger partial charge in [0.25, 0.3) is 0 Å². The molecule has 1 N–H and O–H groups in total. The highest BCUT2D eigenvalue weighted by Gasteiger charge is 1.99. The molecule has 16 heavy (non-hydrogen) atoms. The maximum absolute atomic E-state index is 5.94. The summed E-state index contributed by atoms with van der Waals surface area (Å²) >= 11 is 13.6. The molecule has 0 unspecified atom stereocenters. The van der Waals surface area contributed by atoms with E-state index in [4.69, 9.17) is 23.2 Å². The van der Waals surface area contributed by atoms with Gasteiger partial charge in [-0.2, -0.15) is 0 Å². The number of benzene rings is 1. The number of rotatable bonds is 7. The van der Waals surface area contributed by atoms with Crippen molar-refractivity contribution in [1.29, 1.82) is 0 Å². The van der Waals surface area contributed by atoms with Crippen LogP contribution in [0.15, 0.2) is 23.1 Å². The van der Waals surface area contributed by atoms with E-state index in [1.807, 2.05) is 30.0 Å². The molecule has 1 aromatic carbocycles. The predicted octanol–water partition coefficient (Wildman–Crippen LogP) is 4.48. The van der Waals surface area contributed by atoms with E-state index in [9.17, 15) is 0 Å². The van der Waals surface area contributed by atoms with Crippen LogP contribution in [-0.2, 0) is 0 Å². The second-order valence-corrected chi connectivity index (χ2v) is 5.51. The van der Waals surface area contributed by atoms with Gasteiger partial charge >= 0.3 is 0 Å². The fourth-order valence-electron chi connectivity index (χ4n) is 1.26. The van der Waals surface area contributed by atoms with E-state index in [0.717, 1.165) is 18.8 Å². The zero-order chi connectivity index (χ0) is 11.8. The molecule has 0 aliphatic carbocycles. The summed E-state index contributed by atoms with van der Waals surface area (Å²) in [5.41, 5.74) is 0. The third kappa shape index (κ3) is 5.44. The molecule has 0 atom stereocenters. The van der Waals surface area contributed by atoms with Gasteiger partial charge in [-0.3, -0.25) is 0 Å². The SMILES string of the molecule is CCCNCCCSc1ccc(Cl)c(Cl)c1. The summed E-state index contributed by atoms with van der Waals surface area (Å²) in [7, 11) is 0. The summed E-state index contributed by atoms with van der Waals surface area (Å²) in [6.45, 7) is 4.37. The fourth-order valence-corrected chi connectivity index (χ4v) is 2.51. The highest BCUT2D eigenvalue weighted by atomic mass is 35.5. The molecule has 0 saturated heterocycles.